The van der Waals surface area contributed by atoms with Crippen molar-refractivity contribution < 1.29 is 14.3 Å². The zero-order valence-electron chi connectivity index (χ0n) is 21.3. The largest absolute Gasteiger partial charge is 0.443 e. The number of rotatable bonds is 3. The summed E-state index contributed by atoms with van der Waals surface area (Å²) in [5.41, 5.74) is 2.31. The van der Waals surface area contributed by atoms with E-state index in [-0.39, 0.29) is 5.91 Å². The Morgan fingerprint density at radius 1 is 1.20 bits per heavy atom. The fourth-order valence-electron chi connectivity index (χ4n) is 5.34. The van der Waals surface area contributed by atoms with Crippen molar-refractivity contribution in [3.05, 3.63) is 45.7 Å². The van der Waals surface area contributed by atoms with E-state index in [1.807, 2.05) is 37.6 Å². The average molecular weight is 546 g/mol. The molecule has 1 N–H and O–H groups in total. The van der Waals surface area contributed by atoms with Crippen LogP contribution in [0.25, 0.3) is 0 Å². The van der Waals surface area contributed by atoms with Gasteiger partial charge < -0.3 is 14.6 Å². The molecule has 2 aliphatic rings. The van der Waals surface area contributed by atoms with Gasteiger partial charge in [0, 0.05) is 36.0 Å². The van der Waals surface area contributed by atoms with Gasteiger partial charge in [0.1, 0.15) is 5.60 Å². The minimum atomic E-state index is -0.591. The number of ether oxygens (including phenoxy) is 1. The molecule has 2 aromatic rings. The molecular formula is C27H37BrN4O3. The monoisotopic (exact) mass is 544 g/mol. The van der Waals surface area contributed by atoms with Gasteiger partial charge in [0.05, 0.1) is 6.54 Å². The quantitative estimate of drug-likeness (QED) is 0.495. The molecule has 2 amide bonds. The first-order valence-electron chi connectivity index (χ1n) is 12.7. The molecule has 2 heterocycles. The predicted octanol–water partition coefficient (Wildman–Crippen LogP) is 6.25. The number of hydrogen-bond donors (Lipinski definition) is 1. The molecule has 0 spiro atoms. The van der Waals surface area contributed by atoms with Crippen LogP contribution >= 0.6 is 15.9 Å². The molecule has 0 saturated heterocycles. The third-order valence-electron chi connectivity index (χ3n) is 7.00. The number of carbonyl (C=O) groups excluding carboxylic acids is 2. The average Bonchev–Trinajstić information content (AvgIpc) is 3.23. The van der Waals surface area contributed by atoms with Crippen LogP contribution in [-0.2, 0) is 11.3 Å². The predicted molar refractivity (Wildman–Crippen MR) is 141 cm³/mol. The van der Waals surface area contributed by atoms with Crippen LogP contribution in [0.1, 0.15) is 93.1 Å². The number of carbonyl (C=O) groups is 2. The Morgan fingerprint density at radius 2 is 1.91 bits per heavy atom. The van der Waals surface area contributed by atoms with Crippen molar-refractivity contribution in [1.29, 1.82) is 0 Å². The smallest absolute Gasteiger partial charge is 0.416 e. The lowest BCUT2D eigenvalue weighted by Gasteiger charge is -2.27. The summed E-state index contributed by atoms with van der Waals surface area (Å²) in [7, 11) is 1.66. The lowest BCUT2D eigenvalue weighted by Crippen LogP contribution is -2.35. The lowest BCUT2D eigenvalue weighted by molar-refractivity contribution is 0.0586. The molecule has 1 aromatic heterocycles. The van der Waals surface area contributed by atoms with Crippen molar-refractivity contribution in [3.8, 4) is 0 Å². The first-order chi connectivity index (χ1) is 16.6. The Hall–Kier alpha value is -2.35. The summed E-state index contributed by atoms with van der Waals surface area (Å²) in [6.45, 7) is 6.74. The van der Waals surface area contributed by atoms with Crippen molar-refractivity contribution in [2.75, 3.05) is 18.5 Å². The zero-order valence-corrected chi connectivity index (χ0v) is 22.9. The summed E-state index contributed by atoms with van der Waals surface area (Å²) >= 11 is 3.84. The van der Waals surface area contributed by atoms with Crippen LogP contribution in [0, 0.1) is 5.92 Å². The molecule has 0 bridgehead atoms. The SMILES string of the molecule is CN(C(=O)OC(C)(C)C)c1nccn1Cc1cc(Br)c2c(c1)C(=O)NCC1CCCCCCCC21. The summed E-state index contributed by atoms with van der Waals surface area (Å²) < 4.78 is 8.40. The van der Waals surface area contributed by atoms with Crippen molar-refractivity contribution >= 4 is 33.9 Å². The van der Waals surface area contributed by atoms with Gasteiger partial charge in [0.25, 0.3) is 5.91 Å². The lowest BCUT2D eigenvalue weighted by atomic mass is 9.79. The number of benzene rings is 1. The topological polar surface area (TPSA) is 76.5 Å². The van der Waals surface area contributed by atoms with Gasteiger partial charge in [-0.15, -0.1) is 0 Å². The van der Waals surface area contributed by atoms with E-state index in [0.29, 0.717) is 24.3 Å². The maximum Gasteiger partial charge on any atom is 0.416 e. The van der Waals surface area contributed by atoms with Gasteiger partial charge in [-0.1, -0.05) is 48.0 Å². The zero-order chi connectivity index (χ0) is 25.2. The van der Waals surface area contributed by atoms with Gasteiger partial charge in [-0.2, -0.15) is 0 Å². The van der Waals surface area contributed by atoms with Gasteiger partial charge in [-0.25, -0.2) is 9.78 Å². The van der Waals surface area contributed by atoms with Crippen LogP contribution in [0.5, 0.6) is 0 Å². The van der Waals surface area contributed by atoms with E-state index in [2.05, 4.69) is 32.3 Å². The van der Waals surface area contributed by atoms with E-state index < -0.39 is 11.7 Å². The van der Waals surface area contributed by atoms with Crippen LogP contribution in [-0.4, -0.2) is 40.7 Å². The Morgan fingerprint density at radius 3 is 2.66 bits per heavy atom. The van der Waals surface area contributed by atoms with Crippen LogP contribution in [0.3, 0.4) is 0 Å². The highest BCUT2D eigenvalue weighted by atomic mass is 79.9. The number of amides is 2. The molecule has 8 heteroatoms. The maximum atomic E-state index is 13.2. The molecule has 2 unspecified atom stereocenters. The van der Waals surface area contributed by atoms with Gasteiger partial charge >= 0.3 is 6.09 Å². The number of hydrogen-bond acceptors (Lipinski definition) is 4. The normalized spacial score (nSPS) is 20.9. The summed E-state index contributed by atoms with van der Waals surface area (Å²) in [4.78, 5) is 31.6. The molecule has 0 radical (unpaired) electrons. The molecule has 1 fully saturated rings. The Kier molecular flexibility index (Phi) is 7.89. The van der Waals surface area contributed by atoms with Crippen molar-refractivity contribution in [3.63, 3.8) is 0 Å². The number of anilines is 1. The number of aromatic nitrogens is 2. The summed E-state index contributed by atoms with van der Waals surface area (Å²) in [6, 6.07) is 4.14. The molecule has 4 rings (SSSR count). The standard InChI is InChI=1S/C27H37BrN4O3/c1-27(2,3)35-26(34)31(4)25-29-12-13-32(25)17-18-14-21-23(22(28)15-18)20-11-9-7-5-6-8-10-19(20)16-30-24(21)33/h12-15,19-20H,5-11,16-17H2,1-4H3,(H,30,33). The second kappa shape index (κ2) is 10.7. The second-order valence-electron chi connectivity index (χ2n) is 10.9. The number of nitrogens with one attached hydrogen (secondary N) is 1. The molecule has 1 saturated carbocycles. The molecule has 1 aliphatic carbocycles. The molecule has 2 atom stereocenters. The van der Waals surface area contributed by atoms with Crippen LogP contribution < -0.4 is 10.2 Å². The van der Waals surface area contributed by atoms with Gasteiger partial charge in [-0.3, -0.25) is 9.69 Å². The van der Waals surface area contributed by atoms with Crippen LogP contribution in [0.2, 0.25) is 0 Å². The number of nitrogens with zero attached hydrogens (tertiary/aromatic N) is 3. The van der Waals surface area contributed by atoms with E-state index in [0.717, 1.165) is 40.5 Å². The van der Waals surface area contributed by atoms with Gasteiger partial charge in [-0.05, 0) is 68.7 Å². The van der Waals surface area contributed by atoms with Crippen molar-refractivity contribution in [2.45, 2.75) is 83.8 Å². The van der Waals surface area contributed by atoms with Crippen LogP contribution in [0.4, 0.5) is 10.7 Å². The number of halogens is 1. The summed E-state index contributed by atoms with van der Waals surface area (Å²) in [5, 5.41) is 3.20. The first kappa shape index (κ1) is 25.7. The fraction of sp³-hybridized carbons (Fsp3) is 0.593. The third kappa shape index (κ3) is 6.08. The maximum absolute atomic E-state index is 13.2. The van der Waals surface area contributed by atoms with Crippen molar-refractivity contribution in [1.82, 2.24) is 14.9 Å². The first-order valence-corrected chi connectivity index (χ1v) is 13.5. The molecule has 1 aliphatic heterocycles. The van der Waals surface area contributed by atoms with E-state index in [4.69, 9.17) is 4.74 Å². The number of imidazole rings is 1. The highest BCUT2D eigenvalue weighted by Crippen LogP contribution is 2.42. The number of fused-ring (bicyclic) bond motifs is 3. The molecule has 7 nitrogen and oxygen atoms in total. The van der Waals surface area contributed by atoms with Gasteiger partial charge in [0.15, 0.2) is 0 Å². The van der Waals surface area contributed by atoms with Gasteiger partial charge in [0.2, 0.25) is 5.95 Å². The highest BCUT2D eigenvalue weighted by molar-refractivity contribution is 9.10. The Balaban J connectivity index is 1.63. The van der Waals surface area contributed by atoms with E-state index >= 15 is 0 Å². The van der Waals surface area contributed by atoms with Crippen LogP contribution in [0.15, 0.2) is 29.0 Å². The van der Waals surface area contributed by atoms with E-state index in [1.165, 1.54) is 37.0 Å². The third-order valence-corrected chi connectivity index (χ3v) is 7.66. The fourth-order valence-corrected chi connectivity index (χ4v) is 6.15. The summed E-state index contributed by atoms with van der Waals surface area (Å²) in [6.07, 6.45) is 11.6. The second-order valence-corrected chi connectivity index (χ2v) is 11.7. The van der Waals surface area contributed by atoms with E-state index in [1.54, 1.807) is 13.2 Å². The van der Waals surface area contributed by atoms with Crippen molar-refractivity contribution in [2.24, 2.45) is 5.92 Å². The molecular weight excluding hydrogens is 508 g/mol. The molecule has 1 aromatic carbocycles. The molecule has 190 valence electrons. The summed E-state index contributed by atoms with van der Waals surface area (Å²) in [5.74, 6) is 1.35. The highest BCUT2D eigenvalue weighted by Gasteiger charge is 2.33. The Bertz CT molecular complexity index is 1070. The minimum Gasteiger partial charge on any atom is -0.443 e. The van der Waals surface area contributed by atoms with E-state index in [9.17, 15) is 9.59 Å². The molecule has 35 heavy (non-hydrogen) atoms. The Labute approximate surface area is 216 Å². The minimum absolute atomic E-state index is 0.00355.